The lowest BCUT2D eigenvalue weighted by Gasteiger charge is -2.33. The van der Waals surface area contributed by atoms with Gasteiger partial charge in [0.2, 0.25) is 0 Å². The summed E-state index contributed by atoms with van der Waals surface area (Å²) in [5, 5.41) is 2.96. The Balaban J connectivity index is 2.25. The van der Waals surface area contributed by atoms with E-state index in [1.807, 2.05) is 20.8 Å². The first kappa shape index (κ1) is 15.3. The molecule has 0 aromatic carbocycles. The molecule has 0 aromatic heterocycles. The molecule has 1 saturated heterocycles. The molecule has 1 aliphatic rings. The maximum atomic E-state index is 11.6. The first-order valence-electron chi connectivity index (χ1n) is 6.98. The van der Waals surface area contributed by atoms with E-state index in [0.29, 0.717) is 5.92 Å². The molecule has 106 valence electrons. The highest BCUT2D eigenvalue weighted by atomic mass is 16.6. The van der Waals surface area contributed by atoms with Crippen LogP contribution in [-0.2, 0) is 4.74 Å². The topological polar surface area (TPSA) is 41.6 Å². The third-order valence-electron chi connectivity index (χ3n) is 2.93. The summed E-state index contributed by atoms with van der Waals surface area (Å²) in [5.74, 6) is 0.709. The fourth-order valence-electron chi connectivity index (χ4n) is 2.25. The van der Waals surface area contributed by atoms with Crippen LogP contribution >= 0.6 is 0 Å². The summed E-state index contributed by atoms with van der Waals surface area (Å²) in [6.07, 6.45) is 1.75. The molecule has 18 heavy (non-hydrogen) atoms. The van der Waals surface area contributed by atoms with Gasteiger partial charge in [-0.15, -0.1) is 0 Å². The monoisotopic (exact) mass is 256 g/mol. The lowest BCUT2D eigenvalue weighted by Crippen LogP contribution is -2.46. The predicted octanol–water partition coefficient (Wildman–Crippen LogP) is 2.63. The van der Waals surface area contributed by atoms with Gasteiger partial charge in [-0.3, -0.25) is 0 Å². The fourth-order valence-corrected chi connectivity index (χ4v) is 2.25. The summed E-state index contributed by atoms with van der Waals surface area (Å²) in [5.41, 5.74) is -0.414. The molecule has 1 heterocycles. The van der Waals surface area contributed by atoms with Crippen LogP contribution in [0.2, 0.25) is 0 Å². The number of hydrogen-bond donors (Lipinski definition) is 1. The Morgan fingerprint density at radius 2 is 1.89 bits per heavy atom. The molecule has 1 amide bonds. The van der Waals surface area contributed by atoms with Gasteiger partial charge in [0, 0.05) is 25.7 Å². The van der Waals surface area contributed by atoms with Crippen molar-refractivity contribution in [2.75, 3.05) is 19.6 Å². The van der Waals surface area contributed by atoms with Gasteiger partial charge in [0.15, 0.2) is 0 Å². The number of likely N-dealkylation sites (tertiary alicyclic amines) is 1. The Hall–Kier alpha value is -0.770. The van der Waals surface area contributed by atoms with Crippen LogP contribution in [-0.4, -0.2) is 42.3 Å². The summed E-state index contributed by atoms with van der Waals surface area (Å²) in [7, 11) is 0. The predicted molar refractivity (Wildman–Crippen MR) is 73.7 cm³/mol. The molecule has 0 spiro atoms. The van der Waals surface area contributed by atoms with Crippen LogP contribution in [0.4, 0.5) is 4.79 Å². The molecular weight excluding hydrogens is 228 g/mol. The molecule has 0 saturated carbocycles. The van der Waals surface area contributed by atoms with Gasteiger partial charge in [-0.2, -0.15) is 0 Å². The summed E-state index contributed by atoms with van der Waals surface area (Å²) in [6, 6.07) is 0.267. The van der Waals surface area contributed by atoms with Crippen molar-refractivity contribution in [1.82, 2.24) is 10.2 Å². The number of amides is 1. The van der Waals surface area contributed by atoms with Crippen molar-refractivity contribution in [3.8, 4) is 0 Å². The Kier molecular flexibility index (Phi) is 5.45. The highest BCUT2D eigenvalue weighted by Gasteiger charge is 2.23. The second kappa shape index (κ2) is 6.41. The van der Waals surface area contributed by atoms with Gasteiger partial charge in [-0.1, -0.05) is 13.8 Å². The van der Waals surface area contributed by atoms with E-state index < -0.39 is 5.60 Å². The molecule has 0 aromatic rings. The number of nitrogens with zero attached hydrogens (tertiary/aromatic N) is 1. The van der Waals surface area contributed by atoms with Crippen molar-refractivity contribution in [2.45, 2.75) is 59.1 Å². The second-order valence-corrected chi connectivity index (χ2v) is 6.61. The highest BCUT2D eigenvalue weighted by Crippen LogP contribution is 2.13. The van der Waals surface area contributed by atoms with Crippen LogP contribution in [0.3, 0.4) is 0 Å². The van der Waals surface area contributed by atoms with E-state index in [1.54, 1.807) is 0 Å². The third-order valence-corrected chi connectivity index (χ3v) is 2.93. The molecule has 1 rings (SSSR count). The Morgan fingerprint density at radius 1 is 1.33 bits per heavy atom. The number of alkyl carbamates (subject to hydrolysis) is 1. The molecule has 0 bridgehead atoms. The van der Waals surface area contributed by atoms with Gasteiger partial charge in [-0.05, 0) is 39.5 Å². The standard InChI is InChI=1S/C14H28N2O2/c1-11(2)10-16-8-6-12(7-9-16)15-13(17)18-14(3,4)5/h11-12H,6-10H2,1-5H3,(H,15,17). The average Bonchev–Trinajstić information content (AvgIpc) is 2.17. The zero-order valence-corrected chi connectivity index (χ0v) is 12.5. The Morgan fingerprint density at radius 3 is 2.33 bits per heavy atom. The van der Waals surface area contributed by atoms with Crippen molar-refractivity contribution in [1.29, 1.82) is 0 Å². The second-order valence-electron chi connectivity index (χ2n) is 6.61. The smallest absolute Gasteiger partial charge is 0.407 e. The van der Waals surface area contributed by atoms with Crippen molar-refractivity contribution in [3.05, 3.63) is 0 Å². The van der Waals surface area contributed by atoms with Gasteiger partial charge >= 0.3 is 6.09 Å². The normalized spacial score (nSPS) is 19.0. The van der Waals surface area contributed by atoms with Crippen LogP contribution < -0.4 is 5.32 Å². The number of carbonyl (C=O) groups is 1. The van der Waals surface area contributed by atoms with E-state index in [4.69, 9.17) is 4.74 Å². The first-order chi connectivity index (χ1) is 8.26. The molecule has 0 radical (unpaired) electrons. The van der Waals surface area contributed by atoms with Gasteiger partial charge in [0.25, 0.3) is 0 Å². The first-order valence-corrected chi connectivity index (χ1v) is 6.98. The van der Waals surface area contributed by atoms with E-state index in [-0.39, 0.29) is 12.1 Å². The van der Waals surface area contributed by atoms with Crippen LogP contribution in [0.25, 0.3) is 0 Å². The lowest BCUT2D eigenvalue weighted by molar-refractivity contribution is 0.0476. The number of ether oxygens (including phenoxy) is 1. The molecule has 1 N–H and O–H groups in total. The van der Waals surface area contributed by atoms with E-state index in [1.165, 1.54) is 0 Å². The number of nitrogens with one attached hydrogen (secondary N) is 1. The van der Waals surface area contributed by atoms with Crippen molar-refractivity contribution in [2.24, 2.45) is 5.92 Å². The summed E-state index contributed by atoms with van der Waals surface area (Å²) < 4.78 is 5.27. The molecule has 0 atom stereocenters. The van der Waals surface area contributed by atoms with Crippen LogP contribution in [0.15, 0.2) is 0 Å². The largest absolute Gasteiger partial charge is 0.444 e. The van der Waals surface area contributed by atoms with Crippen molar-refractivity contribution >= 4 is 6.09 Å². The zero-order chi connectivity index (χ0) is 13.8. The summed E-state index contributed by atoms with van der Waals surface area (Å²) in [6.45, 7) is 13.4. The molecule has 1 fully saturated rings. The van der Waals surface area contributed by atoms with Gasteiger partial charge in [0.1, 0.15) is 5.60 Å². The van der Waals surface area contributed by atoms with E-state index in [0.717, 1.165) is 32.5 Å². The number of hydrogen-bond acceptors (Lipinski definition) is 3. The maximum absolute atomic E-state index is 11.6. The summed E-state index contributed by atoms with van der Waals surface area (Å²) >= 11 is 0. The van der Waals surface area contributed by atoms with Crippen molar-refractivity contribution in [3.63, 3.8) is 0 Å². The molecule has 4 nitrogen and oxygen atoms in total. The van der Waals surface area contributed by atoms with Crippen LogP contribution in [0, 0.1) is 5.92 Å². The van der Waals surface area contributed by atoms with Gasteiger partial charge < -0.3 is 15.0 Å². The minimum absolute atomic E-state index is 0.267. The number of piperidine rings is 1. The van der Waals surface area contributed by atoms with Gasteiger partial charge in [0.05, 0.1) is 0 Å². The minimum Gasteiger partial charge on any atom is -0.444 e. The number of rotatable bonds is 3. The van der Waals surface area contributed by atoms with E-state index in [9.17, 15) is 4.79 Å². The molecule has 4 heteroatoms. The SMILES string of the molecule is CC(C)CN1CCC(NC(=O)OC(C)(C)C)CC1. The molecule has 0 aliphatic carbocycles. The zero-order valence-electron chi connectivity index (χ0n) is 12.5. The van der Waals surface area contributed by atoms with Crippen LogP contribution in [0.1, 0.15) is 47.5 Å². The lowest BCUT2D eigenvalue weighted by atomic mass is 10.0. The molecular formula is C14H28N2O2. The molecule has 1 aliphatic heterocycles. The fraction of sp³-hybridized carbons (Fsp3) is 0.929. The number of carbonyl (C=O) groups excluding carboxylic acids is 1. The van der Waals surface area contributed by atoms with Crippen LogP contribution in [0.5, 0.6) is 0 Å². The van der Waals surface area contributed by atoms with E-state index in [2.05, 4.69) is 24.1 Å². The molecule has 0 unspecified atom stereocenters. The third kappa shape index (κ3) is 6.24. The van der Waals surface area contributed by atoms with Crippen molar-refractivity contribution < 1.29 is 9.53 Å². The minimum atomic E-state index is -0.414. The average molecular weight is 256 g/mol. The van der Waals surface area contributed by atoms with Gasteiger partial charge in [-0.25, -0.2) is 4.79 Å². The summed E-state index contributed by atoms with van der Waals surface area (Å²) in [4.78, 5) is 14.1. The maximum Gasteiger partial charge on any atom is 0.407 e. The quantitative estimate of drug-likeness (QED) is 0.844. The highest BCUT2D eigenvalue weighted by molar-refractivity contribution is 5.68. The van der Waals surface area contributed by atoms with E-state index >= 15 is 0 Å². The Bertz CT molecular complexity index is 263. The Labute approximate surface area is 111 Å².